The first-order chi connectivity index (χ1) is 9.54. The van der Waals surface area contributed by atoms with Gasteiger partial charge >= 0.3 is 5.97 Å². The highest BCUT2D eigenvalue weighted by molar-refractivity contribution is 5.87. The lowest BCUT2D eigenvalue weighted by atomic mass is 9.80. The molecule has 2 N–H and O–H groups in total. The third-order valence-electron chi connectivity index (χ3n) is 4.18. The van der Waals surface area contributed by atoms with E-state index in [9.17, 15) is 4.79 Å². The molecule has 0 aliphatic heterocycles. The van der Waals surface area contributed by atoms with Crippen LogP contribution in [0.3, 0.4) is 0 Å². The third-order valence-corrected chi connectivity index (χ3v) is 4.18. The lowest BCUT2D eigenvalue weighted by Crippen LogP contribution is -2.28. The number of hydrogen-bond acceptors (Lipinski definition) is 3. The molecule has 1 fully saturated rings. The van der Waals surface area contributed by atoms with Gasteiger partial charge in [-0.15, -0.1) is 0 Å². The minimum Gasteiger partial charge on any atom is -0.459 e. The Labute approximate surface area is 120 Å². The first kappa shape index (κ1) is 14.6. The maximum absolute atomic E-state index is 11.8. The quantitative estimate of drug-likeness (QED) is 0.519. The van der Waals surface area contributed by atoms with Gasteiger partial charge in [0.25, 0.3) is 0 Å². The second-order valence-electron chi connectivity index (χ2n) is 5.83. The molecule has 0 amide bonds. The highest BCUT2D eigenvalue weighted by Gasteiger charge is 2.26. The van der Waals surface area contributed by atoms with E-state index in [-0.39, 0.29) is 12.1 Å². The Hall–Kier alpha value is -1.77. The van der Waals surface area contributed by atoms with Gasteiger partial charge < -0.3 is 10.5 Å². The molecule has 20 heavy (non-hydrogen) atoms. The molecule has 3 nitrogen and oxygen atoms in total. The van der Waals surface area contributed by atoms with Crippen LogP contribution in [0.15, 0.2) is 30.3 Å². The van der Waals surface area contributed by atoms with Gasteiger partial charge in [0.1, 0.15) is 6.10 Å². The molecule has 3 atom stereocenters. The summed E-state index contributed by atoms with van der Waals surface area (Å²) in [7, 11) is 0. The van der Waals surface area contributed by atoms with Gasteiger partial charge in [0.05, 0.1) is 0 Å². The number of carbonyl (C=O) groups excluding carboxylic acids is 1. The van der Waals surface area contributed by atoms with Crippen molar-refractivity contribution in [2.24, 2.45) is 11.8 Å². The number of benzene rings is 1. The minimum absolute atomic E-state index is 0.0739. The third kappa shape index (κ3) is 4.12. The molecule has 1 saturated carbocycles. The molecule has 1 aliphatic carbocycles. The number of hydrogen-bond donors (Lipinski definition) is 1. The fraction of sp³-hybridized carbons (Fsp3) is 0.471. The van der Waals surface area contributed by atoms with Crippen LogP contribution in [0.1, 0.15) is 38.7 Å². The molecular weight excluding hydrogens is 250 g/mol. The summed E-state index contributed by atoms with van der Waals surface area (Å²) in [6.07, 6.45) is 6.42. The molecule has 108 valence electrons. The molecule has 0 heterocycles. The largest absolute Gasteiger partial charge is 0.459 e. The van der Waals surface area contributed by atoms with Crippen molar-refractivity contribution in [2.45, 2.75) is 39.2 Å². The predicted molar refractivity (Wildman–Crippen MR) is 81.9 cm³/mol. The molecule has 3 unspecified atom stereocenters. The molecule has 1 aromatic rings. The van der Waals surface area contributed by atoms with Crippen LogP contribution >= 0.6 is 0 Å². The van der Waals surface area contributed by atoms with Gasteiger partial charge in [-0.25, -0.2) is 4.79 Å². The van der Waals surface area contributed by atoms with Gasteiger partial charge in [-0.3, -0.25) is 0 Å². The van der Waals surface area contributed by atoms with Crippen molar-refractivity contribution in [2.75, 3.05) is 5.73 Å². The van der Waals surface area contributed by atoms with Crippen LogP contribution in [-0.2, 0) is 9.53 Å². The van der Waals surface area contributed by atoms with E-state index in [1.807, 2.05) is 24.3 Å². The highest BCUT2D eigenvalue weighted by atomic mass is 16.5. The molecule has 3 heteroatoms. The normalized spacial score (nSPS) is 26.6. The summed E-state index contributed by atoms with van der Waals surface area (Å²) < 4.78 is 5.51. The molecule has 0 radical (unpaired) electrons. The maximum atomic E-state index is 11.8. The molecule has 1 aromatic carbocycles. The summed E-state index contributed by atoms with van der Waals surface area (Å²) in [5.74, 6) is 1.10. The Morgan fingerprint density at radius 2 is 1.90 bits per heavy atom. The molecule has 0 bridgehead atoms. The Morgan fingerprint density at radius 1 is 1.20 bits per heavy atom. The summed E-state index contributed by atoms with van der Waals surface area (Å²) in [4.78, 5) is 11.8. The number of nitrogens with two attached hydrogens (primary N) is 1. The van der Waals surface area contributed by atoms with Crippen LogP contribution in [0.4, 0.5) is 5.69 Å². The van der Waals surface area contributed by atoms with Crippen LogP contribution in [0, 0.1) is 11.8 Å². The van der Waals surface area contributed by atoms with E-state index in [1.54, 1.807) is 6.08 Å². The van der Waals surface area contributed by atoms with Crippen molar-refractivity contribution in [1.29, 1.82) is 0 Å². The molecule has 0 aromatic heterocycles. The van der Waals surface area contributed by atoms with Crippen LogP contribution in [-0.4, -0.2) is 12.1 Å². The van der Waals surface area contributed by atoms with Crippen molar-refractivity contribution in [1.82, 2.24) is 0 Å². The first-order valence-electron chi connectivity index (χ1n) is 7.29. The standard InChI is InChI=1S/C17H23NO2/c1-12-3-9-16(11-13(12)2)20-17(19)10-6-14-4-7-15(18)8-5-14/h4-8,10,12-13,16H,3,9,11,18H2,1-2H3/b10-6+. The summed E-state index contributed by atoms with van der Waals surface area (Å²) >= 11 is 0. The van der Waals surface area contributed by atoms with Crippen LogP contribution < -0.4 is 5.73 Å². The van der Waals surface area contributed by atoms with Crippen molar-refractivity contribution in [3.05, 3.63) is 35.9 Å². The van der Waals surface area contributed by atoms with Gasteiger partial charge in [-0.1, -0.05) is 26.0 Å². The van der Waals surface area contributed by atoms with Crippen LogP contribution in [0.5, 0.6) is 0 Å². The Balaban J connectivity index is 1.85. The fourth-order valence-electron chi connectivity index (χ4n) is 2.58. The smallest absolute Gasteiger partial charge is 0.331 e. The number of carbonyl (C=O) groups is 1. The second-order valence-corrected chi connectivity index (χ2v) is 5.83. The summed E-state index contributed by atoms with van der Waals surface area (Å²) in [6, 6.07) is 7.39. The van der Waals surface area contributed by atoms with E-state index in [1.165, 1.54) is 6.08 Å². The highest BCUT2D eigenvalue weighted by Crippen LogP contribution is 2.30. The molecule has 2 rings (SSSR count). The maximum Gasteiger partial charge on any atom is 0.331 e. The first-order valence-corrected chi connectivity index (χ1v) is 7.29. The van der Waals surface area contributed by atoms with Crippen molar-refractivity contribution < 1.29 is 9.53 Å². The molecule has 0 spiro atoms. The average Bonchev–Trinajstić information content (AvgIpc) is 2.42. The monoisotopic (exact) mass is 273 g/mol. The van der Waals surface area contributed by atoms with Crippen LogP contribution in [0.25, 0.3) is 6.08 Å². The minimum atomic E-state index is -0.256. The van der Waals surface area contributed by atoms with Gasteiger partial charge in [-0.05, 0) is 54.9 Å². The van der Waals surface area contributed by atoms with E-state index >= 15 is 0 Å². The number of ether oxygens (including phenoxy) is 1. The lowest BCUT2D eigenvalue weighted by molar-refractivity contribution is -0.145. The molecule has 1 aliphatic rings. The number of anilines is 1. The van der Waals surface area contributed by atoms with Crippen molar-refractivity contribution in [3.63, 3.8) is 0 Å². The summed E-state index contributed by atoms with van der Waals surface area (Å²) in [5, 5.41) is 0. The predicted octanol–water partition coefficient (Wildman–Crippen LogP) is 3.65. The Morgan fingerprint density at radius 3 is 2.55 bits per heavy atom. The van der Waals surface area contributed by atoms with Gasteiger partial charge in [0, 0.05) is 11.8 Å². The lowest BCUT2D eigenvalue weighted by Gasteiger charge is -2.31. The van der Waals surface area contributed by atoms with Gasteiger partial charge in [-0.2, -0.15) is 0 Å². The zero-order valence-electron chi connectivity index (χ0n) is 12.2. The molecular formula is C17H23NO2. The Kier molecular flexibility index (Phi) is 4.83. The number of esters is 1. The molecule has 0 saturated heterocycles. The fourth-order valence-corrected chi connectivity index (χ4v) is 2.58. The number of rotatable bonds is 3. The zero-order chi connectivity index (χ0) is 14.5. The zero-order valence-corrected chi connectivity index (χ0v) is 12.2. The van der Waals surface area contributed by atoms with Crippen LogP contribution in [0.2, 0.25) is 0 Å². The van der Waals surface area contributed by atoms with E-state index in [0.29, 0.717) is 5.92 Å². The topological polar surface area (TPSA) is 52.3 Å². The van der Waals surface area contributed by atoms with E-state index in [0.717, 1.165) is 36.4 Å². The summed E-state index contributed by atoms with van der Waals surface area (Å²) in [5.41, 5.74) is 7.28. The van der Waals surface area contributed by atoms with E-state index in [4.69, 9.17) is 10.5 Å². The number of nitrogen functional groups attached to an aromatic ring is 1. The van der Waals surface area contributed by atoms with Gasteiger partial charge in [0.15, 0.2) is 0 Å². The Bertz CT molecular complexity index is 478. The van der Waals surface area contributed by atoms with E-state index in [2.05, 4.69) is 13.8 Å². The van der Waals surface area contributed by atoms with E-state index < -0.39 is 0 Å². The van der Waals surface area contributed by atoms with Crippen molar-refractivity contribution in [3.8, 4) is 0 Å². The van der Waals surface area contributed by atoms with Crippen molar-refractivity contribution >= 4 is 17.7 Å². The van der Waals surface area contributed by atoms with Gasteiger partial charge in [0.2, 0.25) is 0 Å². The average molecular weight is 273 g/mol. The second kappa shape index (κ2) is 6.60. The summed E-state index contributed by atoms with van der Waals surface area (Å²) in [6.45, 7) is 4.50. The SMILES string of the molecule is CC1CCC(OC(=O)/C=C/c2ccc(N)cc2)CC1C.